The predicted molar refractivity (Wildman–Crippen MR) is 50.4 cm³/mol. The van der Waals surface area contributed by atoms with E-state index in [1.54, 1.807) is 6.08 Å². The Morgan fingerprint density at radius 2 is 1.85 bits per heavy atom. The average molecular weight is 180 g/mol. The van der Waals surface area contributed by atoms with Crippen molar-refractivity contribution < 1.29 is 8.78 Å². The number of allylic oxidation sites excluding steroid dienone is 2. The van der Waals surface area contributed by atoms with Crippen molar-refractivity contribution in [3.05, 3.63) is 54.1 Å². The molecule has 2 heteroatoms. The van der Waals surface area contributed by atoms with Gasteiger partial charge in [-0.15, -0.1) is 0 Å². The van der Waals surface area contributed by atoms with Gasteiger partial charge in [0.2, 0.25) is 0 Å². The van der Waals surface area contributed by atoms with Gasteiger partial charge in [-0.1, -0.05) is 42.5 Å². The molecule has 0 heterocycles. The van der Waals surface area contributed by atoms with Crippen molar-refractivity contribution in [3.63, 3.8) is 0 Å². The van der Waals surface area contributed by atoms with E-state index in [4.69, 9.17) is 0 Å². The highest BCUT2D eigenvalue weighted by atomic mass is 19.3. The number of rotatable bonds is 3. The van der Waals surface area contributed by atoms with E-state index in [0.29, 0.717) is 0 Å². The Hall–Kier alpha value is -1.44. The van der Waals surface area contributed by atoms with Gasteiger partial charge in [0, 0.05) is 0 Å². The second kappa shape index (κ2) is 5.25. The minimum absolute atomic E-state index is 0.275. The fraction of sp³-hybridized carbons (Fsp3) is 0.0909. The topological polar surface area (TPSA) is 0 Å². The third-order valence-electron chi connectivity index (χ3n) is 1.52. The van der Waals surface area contributed by atoms with E-state index < -0.39 is 6.08 Å². The molecule has 0 aliphatic heterocycles. The number of hydrogen-bond acceptors (Lipinski definition) is 0. The molecule has 0 aliphatic rings. The van der Waals surface area contributed by atoms with Crippen molar-refractivity contribution in [2.75, 3.05) is 0 Å². The van der Waals surface area contributed by atoms with Gasteiger partial charge in [-0.25, -0.2) is 0 Å². The molecule has 0 saturated heterocycles. The highest BCUT2D eigenvalue weighted by molar-refractivity contribution is 5.48. The van der Waals surface area contributed by atoms with E-state index in [1.807, 2.05) is 36.4 Å². The van der Waals surface area contributed by atoms with Gasteiger partial charge in [-0.2, -0.15) is 8.78 Å². The molecule has 68 valence electrons. The molecule has 0 nitrogen and oxygen atoms in total. The molecular weight excluding hydrogens is 170 g/mol. The lowest BCUT2D eigenvalue weighted by atomic mass is 10.2. The summed E-state index contributed by atoms with van der Waals surface area (Å²) in [6, 6.07) is 9.58. The Morgan fingerprint density at radius 3 is 2.46 bits per heavy atom. The van der Waals surface area contributed by atoms with Gasteiger partial charge in [0.05, 0.1) is 0 Å². The molecule has 0 fully saturated rings. The first-order valence-corrected chi connectivity index (χ1v) is 4.02. The average Bonchev–Trinajstić information content (AvgIpc) is 2.14. The Kier molecular flexibility index (Phi) is 3.89. The number of halogens is 2. The van der Waals surface area contributed by atoms with Crippen LogP contribution in [-0.4, -0.2) is 0 Å². The molecule has 0 spiro atoms. The molecule has 0 radical (unpaired) electrons. The highest BCUT2D eigenvalue weighted by Gasteiger charge is 1.84. The van der Waals surface area contributed by atoms with Crippen LogP contribution in [0, 0.1) is 0 Å². The Bertz CT molecular complexity index is 295. The number of benzene rings is 1. The lowest BCUT2D eigenvalue weighted by Crippen LogP contribution is -1.68. The van der Waals surface area contributed by atoms with Gasteiger partial charge in [0.1, 0.15) is 0 Å². The zero-order valence-corrected chi connectivity index (χ0v) is 7.08. The third-order valence-corrected chi connectivity index (χ3v) is 1.52. The normalized spacial score (nSPS) is 10.3. The van der Waals surface area contributed by atoms with Gasteiger partial charge in [0.15, 0.2) is 0 Å². The van der Waals surface area contributed by atoms with E-state index >= 15 is 0 Å². The lowest BCUT2D eigenvalue weighted by Gasteiger charge is -1.89. The predicted octanol–water partition coefficient (Wildman–Crippen LogP) is 3.87. The second-order valence-electron chi connectivity index (χ2n) is 2.54. The van der Waals surface area contributed by atoms with E-state index in [9.17, 15) is 8.78 Å². The molecule has 0 N–H and O–H groups in total. The largest absolute Gasteiger partial charge is 0.266 e. The molecule has 1 aromatic carbocycles. The lowest BCUT2D eigenvalue weighted by molar-refractivity contribution is 0.419. The first kappa shape index (κ1) is 9.65. The molecule has 0 atom stereocenters. The SMILES string of the molecule is FC(F)=CCC=Cc1ccccc1. The molecule has 0 unspecified atom stereocenters. The van der Waals surface area contributed by atoms with Gasteiger partial charge < -0.3 is 0 Å². The molecule has 0 aliphatic carbocycles. The molecule has 0 bridgehead atoms. The fourth-order valence-electron chi connectivity index (χ4n) is 0.925. The molecule has 0 saturated carbocycles. The molecular formula is C11H10F2. The highest BCUT2D eigenvalue weighted by Crippen LogP contribution is 2.04. The summed E-state index contributed by atoms with van der Waals surface area (Å²) < 4.78 is 23.2. The van der Waals surface area contributed by atoms with Crippen molar-refractivity contribution in [3.8, 4) is 0 Å². The minimum atomic E-state index is -1.63. The summed E-state index contributed by atoms with van der Waals surface area (Å²) >= 11 is 0. The summed E-state index contributed by atoms with van der Waals surface area (Å²) in [5, 5.41) is 0. The van der Waals surface area contributed by atoms with Gasteiger partial charge >= 0.3 is 0 Å². The molecule has 1 rings (SSSR count). The summed E-state index contributed by atoms with van der Waals surface area (Å²) in [5.41, 5.74) is 1.02. The van der Waals surface area contributed by atoms with Gasteiger partial charge in [-0.05, 0) is 18.1 Å². The van der Waals surface area contributed by atoms with Crippen LogP contribution in [0.2, 0.25) is 0 Å². The summed E-state index contributed by atoms with van der Waals surface area (Å²) in [7, 11) is 0. The van der Waals surface area contributed by atoms with Crippen LogP contribution in [0.25, 0.3) is 6.08 Å². The standard InChI is InChI=1S/C11H10F2/c12-11(13)9-5-4-8-10-6-2-1-3-7-10/h1-4,6-9H,5H2. The summed E-state index contributed by atoms with van der Waals surface area (Å²) in [5.74, 6) is 0. The maximum Gasteiger partial charge on any atom is 0.266 e. The molecule has 13 heavy (non-hydrogen) atoms. The van der Waals surface area contributed by atoms with Crippen molar-refractivity contribution >= 4 is 6.08 Å². The van der Waals surface area contributed by atoms with Crippen molar-refractivity contribution in [1.29, 1.82) is 0 Å². The Balaban J connectivity index is 2.46. The van der Waals surface area contributed by atoms with E-state index in [1.165, 1.54) is 0 Å². The van der Waals surface area contributed by atoms with Crippen LogP contribution in [0.3, 0.4) is 0 Å². The minimum Gasteiger partial charge on any atom is -0.174 e. The molecule has 1 aromatic rings. The van der Waals surface area contributed by atoms with Crippen LogP contribution in [-0.2, 0) is 0 Å². The van der Waals surface area contributed by atoms with Crippen LogP contribution in [0.15, 0.2) is 48.6 Å². The zero-order valence-electron chi connectivity index (χ0n) is 7.08. The van der Waals surface area contributed by atoms with E-state index in [-0.39, 0.29) is 6.42 Å². The monoisotopic (exact) mass is 180 g/mol. The maximum absolute atomic E-state index is 11.6. The second-order valence-corrected chi connectivity index (χ2v) is 2.54. The van der Waals surface area contributed by atoms with Crippen LogP contribution < -0.4 is 0 Å². The van der Waals surface area contributed by atoms with Gasteiger partial charge in [-0.3, -0.25) is 0 Å². The van der Waals surface area contributed by atoms with Crippen LogP contribution in [0.4, 0.5) is 8.78 Å². The summed E-state index contributed by atoms with van der Waals surface area (Å²) in [6.07, 6.45) is 3.06. The van der Waals surface area contributed by atoms with Crippen molar-refractivity contribution in [2.45, 2.75) is 6.42 Å². The molecule has 0 aromatic heterocycles. The fourth-order valence-corrected chi connectivity index (χ4v) is 0.925. The van der Waals surface area contributed by atoms with E-state index in [2.05, 4.69) is 0 Å². The van der Waals surface area contributed by atoms with E-state index in [0.717, 1.165) is 11.6 Å². The summed E-state index contributed by atoms with van der Waals surface area (Å²) in [4.78, 5) is 0. The third kappa shape index (κ3) is 4.21. The maximum atomic E-state index is 11.6. The first-order valence-electron chi connectivity index (χ1n) is 4.02. The summed E-state index contributed by atoms with van der Waals surface area (Å²) in [6.45, 7) is 0. The Labute approximate surface area is 76.2 Å². The van der Waals surface area contributed by atoms with Crippen LogP contribution in [0.5, 0.6) is 0 Å². The van der Waals surface area contributed by atoms with Crippen molar-refractivity contribution in [1.82, 2.24) is 0 Å². The van der Waals surface area contributed by atoms with Crippen molar-refractivity contribution in [2.24, 2.45) is 0 Å². The zero-order chi connectivity index (χ0) is 9.52. The van der Waals surface area contributed by atoms with Crippen LogP contribution in [0.1, 0.15) is 12.0 Å². The smallest absolute Gasteiger partial charge is 0.174 e. The van der Waals surface area contributed by atoms with Gasteiger partial charge in [0.25, 0.3) is 6.08 Å². The Morgan fingerprint density at radius 1 is 1.15 bits per heavy atom. The molecule has 0 amide bonds. The number of hydrogen-bond donors (Lipinski definition) is 0. The van der Waals surface area contributed by atoms with Crippen LogP contribution >= 0.6 is 0 Å². The first-order chi connectivity index (χ1) is 6.29. The quantitative estimate of drug-likeness (QED) is 0.662.